The van der Waals surface area contributed by atoms with Crippen LogP contribution in [0.2, 0.25) is 0 Å². The van der Waals surface area contributed by atoms with Crippen LogP contribution in [0, 0.1) is 5.92 Å². The molecule has 1 unspecified atom stereocenters. The third kappa shape index (κ3) is 1.61. The quantitative estimate of drug-likeness (QED) is 0.794. The fourth-order valence-corrected chi connectivity index (χ4v) is 2.46. The smallest absolute Gasteiger partial charge is 0.115 e. The molecule has 0 radical (unpaired) electrons. The molecule has 3 nitrogen and oxygen atoms in total. The lowest BCUT2D eigenvalue weighted by atomic mass is 9.97. The van der Waals surface area contributed by atoms with E-state index in [1.165, 1.54) is 12.8 Å². The van der Waals surface area contributed by atoms with Crippen molar-refractivity contribution < 1.29 is 4.74 Å². The molecule has 1 aromatic rings. The minimum Gasteiger partial charge on any atom is -0.382 e. The molecule has 0 amide bonds. The summed E-state index contributed by atoms with van der Waals surface area (Å²) in [5, 5.41) is 2.98. The van der Waals surface area contributed by atoms with Crippen LogP contribution in [0.5, 0.6) is 0 Å². The maximum absolute atomic E-state index is 6.30. The van der Waals surface area contributed by atoms with E-state index < -0.39 is 0 Å². The summed E-state index contributed by atoms with van der Waals surface area (Å²) in [5.74, 6) is 0.568. The summed E-state index contributed by atoms with van der Waals surface area (Å²) < 4.78 is 5.17. The highest BCUT2D eigenvalue weighted by molar-refractivity contribution is 7.09. The van der Waals surface area contributed by atoms with E-state index in [0.717, 1.165) is 5.01 Å². The third-order valence-corrected chi connectivity index (χ3v) is 3.49. The van der Waals surface area contributed by atoms with Gasteiger partial charge in [0, 0.05) is 18.7 Å². The first kappa shape index (κ1) is 9.12. The van der Waals surface area contributed by atoms with Gasteiger partial charge in [-0.15, -0.1) is 11.3 Å². The summed E-state index contributed by atoms with van der Waals surface area (Å²) in [6.07, 6.45) is 4.22. The summed E-state index contributed by atoms with van der Waals surface area (Å²) in [5.41, 5.74) is 5.97. The highest BCUT2D eigenvalue weighted by Gasteiger charge is 2.45. The Morgan fingerprint density at radius 1 is 1.77 bits per heavy atom. The van der Waals surface area contributed by atoms with E-state index >= 15 is 0 Å². The molecule has 1 aliphatic carbocycles. The van der Waals surface area contributed by atoms with Crippen LogP contribution in [-0.2, 0) is 10.3 Å². The molecule has 1 saturated carbocycles. The van der Waals surface area contributed by atoms with Crippen molar-refractivity contribution in [1.82, 2.24) is 4.98 Å². The van der Waals surface area contributed by atoms with Gasteiger partial charge >= 0.3 is 0 Å². The van der Waals surface area contributed by atoms with Gasteiger partial charge in [0.15, 0.2) is 0 Å². The van der Waals surface area contributed by atoms with E-state index in [-0.39, 0.29) is 5.54 Å². The van der Waals surface area contributed by atoms with Crippen molar-refractivity contribution in [2.45, 2.75) is 18.4 Å². The van der Waals surface area contributed by atoms with Crippen LogP contribution in [0.1, 0.15) is 17.8 Å². The topological polar surface area (TPSA) is 48.1 Å². The number of nitrogens with two attached hydrogens (primary N) is 1. The lowest BCUT2D eigenvalue weighted by Crippen LogP contribution is -2.43. The van der Waals surface area contributed by atoms with E-state index in [1.807, 2.05) is 5.38 Å². The molecule has 0 saturated heterocycles. The normalized spacial score (nSPS) is 21.4. The maximum atomic E-state index is 6.30. The number of thiazole rings is 1. The van der Waals surface area contributed by atoms with Gasteiger partial charge in [0.25, 0.3) is 0 Å². The largest absolute Gasteiger partial charge is 0.382 e. The molecule has 1 heterocycles. The van der Waals surface area contributed by atoms with Crippen molar-refractivity contribution in [2.75, 3.05) is 13.7 Å². The zero-order valence-corrected chi connectivity index (χ0v) is 8.51. The molecular weight excluding hydrogens is 184 g/mol. The Labute approximate surface area is 81.9 Å². The molecule has 0 aliphatic heterocycles. The molecule has 1 atom stereocenters. The Morgan fingerprint density at radius 3 is 3.00 bits per heavy atom. The van der Waals surface area contributed by atoms with Gasteiger partial charge in [0.1, 0.15) is 5.01 Å². The zero-order chi connectivity index (χ0) is 9.31. The van der Waals surface area contributed by atoms with Crippen molar-refractivity contribution in [3.8, 4) is 0 Å². The Kier molecular flexibility index (Phi) is 2.36. The van der Waals surface area contributed by atoms with Crippen LogP contribution < -0.4 is 5.73 Å². The monoisotopic (exact) mass is 198 g/mol. The molecule has 13 heavy (non-hydrogen) atoms. The summed E-state index contributed by atoms with van der Waals surface area (Å²) in [6.45, 7) is 0.575. The molecule has 0 aromatic carbocycles. The fraction of sp³-hybridized carbons (Fsp3) is 0.667. The van der Waals surface area contributed by atoms with E-state index in [4.69, 9.17) is 10.5 Å². The van der Waals surface area contributed by atoms with Gasteiger partial charge in [0.2, 0.25) is 0 Å². The highest BCUT2D eigenvalue weighted by atomic mass is 32.1. The molecule has 1 aromatic heterocycles. The van der Waals surface area contributed by atoms with E-state index in [2.05, 4.69) is 4.98 Å². The number of methoxy groups -OCH3 is 1. The maximum Gasteiger partial charge on any atom is 0.115 e. The average molecular weight is 198 g/mol. The number of rotatable bonds is 4. The average Bonchev–Trinajstić information content (AvgIpc) is 2.82. The minimum absolute atomic E-state index is 0.330. The lowest BCUT2D eigenvalue weighted by Gasteiger charge is -2.26. The lowest BCUT2D eigenvalue weighted by molar-refractivity contribution is 0.119. The first-order valence-electron chi connectivity index (χ1n) is 4.45. The van der Waals surface area contributed by atoms with Crippen LogP contribution in [0.15, 0.2) is 11.6 Å². The van der Waals surface area contributed by atoms with Crippen molar-refractivity contribution in [2.24, 2.45) is 11.7 Å². The van der Waals surface area contributed by atoms with Crippen LogP contribution in [0.25, 0.3) is 0 Å². The number of ether oxygens (including phenoxy) is 1. The molecule has 1 fully saturated rings. The minimum atomic E-state index is -0.330. The number of nitrogens with zero attached hydrogens (tertiary/aromatic N) is 1. The summed E-state index contributed by atoms with van der Waals surface area (Å²) >= 11 is 1.62. The van der Waals surface area contributed by atoms with Gasteiger partial charge in [-0.3, -0.25) is 0 Å². The molecule has 72 valence electrons. The predicted molar refractivity (Wildman–Crippen MR) is 52.6 cm³/mol. The molecule has 2 rings (SSSR count). The van der Waals surface area contributed by atoms with Crippen molar-refractivity contribution in [3.63, 3.8) is 0 Å². The SMILES string of the molecule is COCC(N)(c1nccs1)C1CC1. The van der Waals surface area contributed by atoms with Gasteiger partial charge in [-0.25, -0.2) is 4.98 Å². The van der Waals surface area contributed by atoms with Gasteiger partial charge in [0.05, 0.1) is 12.1 Å². The summed E-state index contributed by atoms with van der Waals surface area (Å²) in [4.78, 5) is 4.28. The summed E-state index contributed by atoms with van der Waals surface area (Å²) in [7, 11) is 1.69. The van der Waals surface area contributed by atoms with Gasteiger partial charge in [-0.05, 0) is 18.8 Å². The Balaban J connectivity index is 2.22. The second-order valence-corrected chi connectivity index (χ2v) is 4.48. The number of aromatic nitrogens is 1. The Morgan fingerprint density at radius 2 is 2.54 bits per heavy atom. The van der Waals surface area contributed by atoms with Crippen LogP contribution in [0.3, 0.4) is 0 Å². The highest BCUT2D eigenvalue weighted by Crippen LogP contribution is 2.44. The molecular formula is C9H14N2OS. The van der Waals surface area contributed by atoms with Gasteiger partial charge in [-0.2, -0.15) is 0 Å². The molecule has 1 aliphatic rings. The Bertz CT molecular complexity index is 271. The van der Waals surface area contributed by atoms with Crippen LogP contribution in [-0.4, -0.2) is 18.7 Å². The molecule has 0 bridgehead atoms. The van der Waals surface area contributed by atoms with E-state index in [0.29, 0.717) is 12.5 Å². The third-order valence-electron chi connectivity index (χ3n) is 2.52. The standard InChI is InChI=1S/C9H14N2OS/c1-12-6-9(10,7-2-3-7)8-11-4-5-13-8/h4-5,7H,2-3,6,10H2,1H3. The van der Waals surface area contributed by atoms with Crippen molar-refractivity contribution in [1.29, 1.82) is 0 Å². The second-order valence-electron chi connectivity index (χ2n) is 3.58. The number of hydrogen-bond donors (Lipinski definition) is 1. The zero-order valence-electron chi connectivity index (χ0n) is 7.69. The fourth-order valence-electron chi connectivity index (χ4n) is 1.64. The van der Waals surface area contributed by atoms with Gasteiger partial charge < -0.3 is 10.5 Å². The first-order valence-corrected chi connectivity index (χ1v) is 5.33. The molecule has 0 spiro atoms. The first-order chi connectivity index (χ1) is 6.27. The summed E-state index contributed by atoms with van der Waals surface area (Å²) in [6, 6.07) is 0. The van der Waals surface area contributed by atoms with Crippen molar-refractivity contribution >= 4 is 11.3 Å². The van der Waals surface area contributed by atoms with Gasteiger partial charge in [-0.1, -0.05) is 0 Å². The molecule has 4 heteroatoms. The van der Waals surface area contributed by atoms with E-state index in [1.54, 1.807) is 24.6 Å². The second kappa shape index (κ2) is 3.36. The Hall–Kier alpha value is -0.450. The molecule has 2 N–H and O–H groups in total. The predicted octanol–water partition coefficient (Wildman–Crippen LogP) is 1.35. The van der Waals surface area contributed by atoms with Crippen LogP contribution >= 0.6 is 11.3 Å². The van der Waals surface area contributed by atoms with E-state index in [9.17, 15) is 0 Å². The van der Waals surface area contributed by atoms with Crippen molar-refractivity contribution in [3.05, 3.63) is 16.6 Å². The number of hydrogen-bond acceptors (Lipinski definition) is 4. The van der Waals surface area contributed by atoms with Crippen LogP contribution in [0.4, 0.5) is 0 Å².